The Hall–Kier alpha value is -3.58. The maximum Gasteiger partial charge on any atom is 0.270 e. The van der Waals surface area contributed by atoms with E-state index in [-0.39, 0.29) is 10.7 Å². The molecule has 1 N–H and O–H groups in total. The molecule has 2 aromatic heterocycles. The summed E-state index contributed by atoms with van der Waals surface area (Å²) in [6, 6.07) is 15.2. The minimum atomic E-state index is -0.497. The topological polar surface area (TPSA) is 67.2 Å². The lowest BCUT2D eigenvalue weighted by atomic mass is 10.0. The second-order valence-corrected chi connectivity index (χ2v) is 7.68. The van der Waals surface area contributed by atoms with Crippen molar-refractivity contribution in [3.05, 3.63) is 82.8 Å². The Bertz CT molecular complexity index is 1230. The molecule has 156 valence electrons. The highest BCUT2D eigenvalue weighted by Gasteiger charge is 2.35. The van der Waals surface area contributed by atoms with Crippen molar-refractivity contribution in [2.24, 2.45) is 0 Å². The standard InChI is InChI=1S/C24H22N4O2S/c1-4-17-9-5-6-10-20(17)28-23(30)19(22(29)26-24(28)31)14-18-13-15(2)27(16(18)3)21-11-7-8-12-25-21/h5-14H,4H2,1-3H3,(H,26,29,31)/b19-14+. The summed E-state index contributed by atoms with van der Waals surface area (Å²) in [7, 11) is 0. The molecule has 4 rings (SSSR count). The number of amides is 2. The molecule has 0 atom stereocenters. The number of thiocarbonyl (C=S) groups is 1. The summed E-state index contributed by atoms with van der Waals surface area (Å²) in [4.78, 5) is 31.9. The average Bonchev–Trinajstić information content (AvgIpc) is 3.04. The van der Waals surface area contributed by atoms with Gasteiger partial charge in [0.25, 0.3) is 11.8 Å². The van der Waals surface area contributed by atoms with Crippen molar-refractivity contribution in [1.29, 1.82) is 0 Å². The van der Waals surface area contributed by atoms with Gasteiger partial charge >= 0.3 is 0 Å². The maximum atomic E-state index is 13.4. The molecule has 1 aliphatic rings. The zero-order valence-electron chi connectivity index (χ0n) is 17.5. The van der Waals surface area contributed by atoms with E-state index in [4.69, 9.17) is 12.2 Å². The maximum absolute atomic E-state index is 13.4. The molecule has 1 fully saturated rings. The van der Waals surface area contributed by atoms with Crippen LogP contribution in [0.4, 0.5) is 5.69 Å². The molecule has 3 aromatic rings. The molecule has 0 unspecified atom stereocenters. The van der Waals surface area contributed by atoms with Crippen LogP contribution < -0.4 is 10.2 Å². The lowest BCUT2D eigenvalue weighted by Gasteiger charge is -2.30. The first-order valence-corrected chi connectivity index (χ1v) is 10.4. The van der Waals surface area contributed by atoms with Crippen LogP contribution in [-0.4, -0.2) is 26.5 Å². The van der Waals surface area contributed by atoms with Crippen LogP contribution in [0.25, 0.3) is 11.9 Å². The molecule has 2 amide bonds. The number of carbonyl (C=O) groups is 2. The number of nitrogens with one attached hydrogen (secondary N) is 1. The number of hydrogen-bond acceptors (Lipinski definition) is 4. The number of para-hydroxylation sites is 1. The second kappa shape index (κ2) is 8.28. The molecule has 31 heavy (non-hydrogen) atoms. The molecule has 0 radical (unpaired) electrons. The number of anilines is 1. The largest absolute Gasteiger partial charge is 0.303 e. The van der Waals surface area contributed by atoms with Gasteiger partial charge in [0.05, 0.1) is 5.69 Å². The normalized spacial score (nSPS) is 15.5. The number of hydrogen-bond donors (Lipinski definition) is 1. The van der Waals surface area contributed by atoms with Crippen molar-refractivity contribution in [1.82, 2.24) is 14.9 Å². The van der Waals surface area contributed by atoms with Crippen LogP contribution in [0, 0.1) is 13.8 Å². The summed E-state index contributed by atoms with van der Waals surface area (Å²) in [6.45, 7) is 5.91. The van der Waals surface area contributed by atoms with E-state index in [1.807, 2.05) is 73.9 Å². The van der Waals surface area contributed by atoms with Gasteiger partial charge in [0.2, 0.25) is 0 Å². The van der Waals surface area contributed by atoms with E-state index in [0.717, 1.165) is 34.8 Å². The van der Waals surface area contributed by atoms with E-state index in [1.54, 1.807) is 12.3 Å². The van der Waals surface area contributed by atoms with Crippen molar-refractivity contribution >= 4 is 40.9 Å². The van der Waals surface area contributed by atoms with Gasteiger partial charge in [-0.3, -0.25) is 19.8 Å². The predicted octanol–water partition coefficient (Wildman–Crippen LogP) is 3.88. The molecular weight excluding hydrogens is 408 g/mol. The molecule has 1 saturated heterocycles. The molecule has 6 nitrogen and oxygen atoms in total. The summed E-state index contributed by atoms with van der Waals surface area (Å²) >= 11 is 5.34. The Balaban J connectivity index is 1.78. The van der Waals surface area contributed by atoms with Crippen molar-refractivity contribution in [2.45, 2.75) is 27.2 Å². The molecule has 0 saturated carbocycles. The van der Waals surface area contributed by atoms with E-state index >= 15 is 0 Å². The van der Waals surface area contributed by atoms with Gasteiger partial charge in [0, 0.05) is 17.6 Å². The Morgan fingerprint density at radius 3 is 2.55 bits per heavy atom. The van der Waals surface area contributed by atoms with Gasteiger partial charge in [-0.15, -0.1) is 0 Å². The Morgan fingerprint density at radius 1 is 1.10 bits per heavy atom. The zero-order valence-corrected chi connectivity index (χ0v) is 18.4. The van der Waals surface area contributed by atoms with E-state index in [1.165, 1.54) is 4.90 Å². The van der Waals surface area contributed by atoms with Crippen LogP contribution in [-0.2, 0) is 16.0 Å². The highest BCUT2D eigenvalue weighted by atomic mass is 32.1. The van der Waals surface area contributed by atoms with Crippen molar-refractivity contribution < 1.29 is 9.59 Å². The van der Waals surface area contributed by atoms with Gasteiger partial charge in [-0.05, 0) is 74.0 Å². The first-order chi connectivity index (χ1) is 14.9. The van der Waals surface area contributed by atoms with Gasteiger partial charge in [0.15, 0.2) is 5.11 Å². The number of nitrogens with zero attached hydrogens (tertiary/aromatic N) is 3. The quantitative estimate of drug-likeness (QED) is 0.388. The summed E-state index contributed by atoms with van der Waals surface area (Å²) < 4.78 is 1.99. The third-order valence-corrected chi connectivity index (χ3v) is 5.65. The van der Waals surface area contributed by atoms with Crippen LogP contribution in [0.1, 0.15) is 29.4 Å². The van der Waals surface area contributed by atoms with Crippen LogP contribution in [0.5, 0.6) is 0 Å². The minimum Gasteiger partial charge on any atom is -0.303 e. The second-order valence-electron chi connectivity index (χ2n) is 7.29. The van der Waals surface area contributed by atoms with Gasteiger partial charge in [-0.1, -0.05) is 31.2 Å². The fourth-order valence-corrected chi connectivity index (χ4v) is 4.11. The van der Waals surface area contributed by atoms with Gasteiger partial charge < -0.3 is 4.57 Å². The molecule has 0 bridgehead atoms. The molecule has 1 aromatic carbocycles. The Morgan fingerprint density at radius 2 is 1.84 bits per heavy atom. The number of carbonyl (C=O) groups excluding carboxylic acids is 2. The van der Waals surface area contributed by atoms with Crippen LogP contribution in [0.2, 0.25) is 0 Å². The van der Waals surface area contributed by atoms with Crippen LogP contribution in [0.15, 0.2) is 60.3 Å². The fraction of sp³-hybridized carbons (Fsp3) is 0.167. The highest BCUT2D eigenvalue weighted by molar-refractivity contribution is 7.80. The first-order valence-electron chi connectivity index (χ1n) is 10.0. The molecular formula is C24H22N4O2S. The smallest absolute Gasteiger partial charge is 0.270 e. The number of aryl methyl sites for hydroxylation is 2. The zero-order chi connectivity index (χ0) is 22.1. The SMILES string of the molecule is CCc1ccccc1N1C(=O)/C(=C/c2cc(C)n(-c3ccccn3)c2C)C(=O)NC1=S. The Kier molecular flexibility index (Phi) is 5.52. The van der Waals surface area contributed by atoms with Crippen molar-refractivity contribution in [2.75, 3.05) is 4.90 Å². The van der Waals surface area contributed by atoms with E-state index in [2.05, 4.69) is 10.3 Å². The van der Waals surface area contributed by atoms with Gasteiger partial charge in [-0.2, -0.15) is 0 Å². The van der Waals surface area contributed by atoms with Crippen molar-refractivity contribution in [3.63, 3.8) is 0 Å². The van der Waals surface area contributed by atoms with Crippen molar-refractivity contribution in [3.8, 4) is 5.82 Å². The van der Waals surface area contributed by atoms with E-state index in [0.29, 0.717) is 5.69 Å². The predicted molar refractivity (Wildman–Crippen MR) is 125 cm³/mol. The Labute approximate surface area is 186 Å². The van der Waals surface area contributed by atoms with E-state index < -0.39 is 11.8 Å². The number of rotatable bonds is 4. The summed E-state index contributed by atoms with van der Waals surface area (Å²) in [5.41, 5.74) is 4.32. The number of benzene rings is 1. The number of pyridine rings is 1. The third-order valence-electron chi connectivity index (χ3n) is 5.36. The fourth-order valence-electron chi connectivity index (χ4n) is 3.83. The molecule has 0 aliphatic carbocycles. The lowest BCUT2D eigenvalue weighted by molar-refractivity contribution is -0.122. The first kappa shape index (κ1) is 20.7. The lowest BCUT2D eigenvalue weighted by Crippen LogP contribution is -2.54. The minimum absolute atomic E-state index is 0.0424. The van der Waals surface area contributed by atoms with Gasteiger partial charge in [-0.25, -0.2) is 4.98 Å². The van der Waals surface area contributed by atoms with Crippen LogP contribution in [0.3, 0.4) is 0 Å². The summed E-state index contributed by atoms with van der Waals surface area (Å²) in [5.74, 6) is -0.151. The molecule has 7 heteroatoms. The highest BCUT2D eigenvalue weighted by Crippen LogP contribution is 2.27. The molecule has 1 aliphatic heterocycles. The van der Waals surface area contributed by atoms with Gasteiger partial charge in [0.1, 0.15) is 11.4 Å². The molecule has 0 spiro atoms. The van der Waals surface area contributed by atoms with E-state index in [9.17, 15) is 9.59 Å². The third kappa shape index (κ3) is 3.68. The monoisotopic (exact) mass is 430 g/mol. The summed E-state index contributed by atoms with van der Waals surface area (Å²) in [6.07, 6.45) is 4.10. The summed E-state index contributed by atoms with van der Waals surface area (Å²) in [5, 5.41) is 2.75. The van der Waals surface area contributed by atoms with Crippen LogP contribution >= 0.6 is 12.2 Å². The molecule has 3 heterocycles. The average molecular weight is 431 g/mol. The number of aromatic nitrogens is 2.